The van der Waals surface area contributed by atoms with Crippen molar-refractivity contribution in [1.82, 2.24) is 10.2 Å². The van der Waals surface area contributed by atoms with Gasteiger partial charge in [0.1, 0.15) is 6.10 Å². The van der Waals surface area contributed by atoms with Crippen molar-refractivity contribution in [3.8, 4) is 12.3 Å². The van der Waals surface area contributed by atoms with Gasteiger partial charge in [-0.1, -0.05) is 65.3 Å². The number of benzene rings is 1. The van der Waals surface area contributed by atoms with E-state index in [1.807, 2.05) is 0 Å². The highest BCUT2D eigenvalue weighted by Crippen LogP contribution is 2.99. The van der Waals surface area contributed by atoms with Gasteiger partial charge in [0.05, 0.1) is 11.0 Å². The Morgan fingerprint density at radius 2 is 1.63 bits per heavy atom. The van der Waals surface area contributed by atoms with Crippen LogP contribution >= 0.6 is 0 Å². The second kappa shape index (κ2) is 11.0. The van der Waals surface area contributed by atoms with Crippen LogP contribution in [0.5, 0.6) is 0 Å². The summed E-state index contributed by atoms with van der Waals surface area (Å²) in [6, 6.07) is 6.76. The van der Waals surface area contributed by atoms with E-state index in [2.05, 4.69) is 77.9 Å². The first-order valence-corrected chi connectivity index (χ1v) is 19.0. The topological polar surface area (TPSA) is 75.7 Å². The van der Waals surface area contributed by atoms with Crippen LogP contribution in [0.2, 0.25) is 0 Å². The second-order valence-electron chi connectivity index (χ2n) is 18.7. The number of likely N-dealkylation sites (N-methyl/N-ethyl adjacent to an activating group) is 1. The van der Waals surface area contributed by atoms with Gasteiger partial charge in [0.2, 0.25) is 11.7 Å². The summed E-state index contributed by atoms with van der Waals surface area (Å²) in [7, 11) is 4.12. The predicted molar refractivity (Wildman–Crippen MR) is 193 cm³/mol. The van der Waals surface area contributed by atoms with E-state index in [4.69, 9.17) is 11.2 Å². The first kappa shape index (κ1) is 34.5. The quantitative estimate of drug-likeness (QED) is 0.105. The first-order valence-electron chi connectivity index (χ1n) is 19.0. The number of hydrogen-bond acceptors (Lipinski definition) is 5. The van der Waals surface area contributed by atoms with Crippen molar-refractivity contribution in [3.63, 3.8) is 0 Å². The number of fused-ring (bicyclic) bond motifs is 4. The average Bonchev–Trinajstić information content (AvgIpc) is 3.38. The van der Waals surface area contributed by atoms with Gasteiger partial charge in [-0.15, -0.1) is 6.42 Å². The van der Waals surface area contributed by atoms with Crippen LogP contribution in [0.4, 0.5) is 0 Å². The van der Waals surface area contributed by atoms with Crippen molar-refractivity contribution < 1.29 is 19.1 Å². The number of hydrogen-bond donors (Lipinski definition) is 1. The van der Waals surface area contributed by atoms with Gasteiger partial charge in [-0.25, -0.2) is 4.79 Å². The Hall–Kier alpha value is -2.91. The molecular weight excluding hydrogens is 608 g/mol. The molecule has 49 heavy (non-hydrogen) atoms. The van der Waals surface area contributed by atoms with Crippen molar-refractivity contribution in [2.45, 2.75) is 112 Å². The molecule has 1 amide bonds. The maximum absolute atomic E-state index is 14.3. The molecule has 0 radical (unpaired) electrons. The molecule has 6 aliphatic carbocycles. The van der Waals surface area contributed by atoms with Gasteiger partial charge in [-0.3, -0.25) is 9.59 Å². The predicted octanol–water partition coefficient (Wildman–Crippen LogP) is 7.87. The molecule has 7 rings (SSSR count). The molecule has 5 saturated carbocycles. The van der Waals surface area contributed by atoms with Crippen LogP contribution in [0.1, 0.15) is 126 Å². The molecule has 264 valence electrons. The third-order valence-electron chi connectivity index (χ3n) is 16.5. The summed E-state index contributed by atoms with van der Waals surface area (Å²) in [5.41, 5.74) is 2.44. The number of nitrogens with zero attached hydrogens (tertiary/aromatic N) is 1. The van der Waals surface area contributed by atoms with Gasteiger partial charge >= 0.3 is 5.97 Å². The van der Waals surface area contributed by atoms with Crippen molar-refractivity contribution >= 4 is 17.7 Å². The number of rotatable bonds is 7. The van der Waals surface area contributed by atoms with Crippen molar-refractivity contribution in [2.24, 2.45) is 49.7 Å². The van der Waals surface area contributed by atoms with E-state index in [-0.39, 0.29) is 72.9 Å². The normalized spacial score (nSPS) is 42.6. The zero-order valence-corrected chi connectivity index (χ0v) is 31.3. The molecule has 2 spiro atoms. The van der Waals surface area contributed by atoms with Crippen LogP contribution in [0.3, 0.4) is 0 Å². The molecule has 0 bridgehead atoms. The Kier molecular flexibility index (Phi) is 7.78. The molecule has 6 heteroatoms. The number of allylic oxidation sites excluding steroid dienone is 2. The van der Waals surface area contributed by atoms with Gasteiger partial charge in [0.15, 0.2) is 0 Å². The summed E-state index contributed by atoms with van der Waals surface area (Å²) in [6.45, 7) is 16.4. The third kappa shape index (κ3) is 4.21. The lowest BCUT2D eigenvalue weighted by atomic mass is 9.39. The molecule has 1 N–H and O–H groups in total. The molecule has 0 heterocycles. The standard InChI is InChI=1S/C43H58N2O4/c1-10-33(46)29-13-11-12-14-30(29)35(47)49-34-16-17-40(7)42(28(34)2)24-21-39(6)38(5)20-23-41(36(48)44-25-26-45(8)9)22-19-37(3,4)27-32(41)31(38)15-18-43(39,40)42/h1,11-15,28,32,34H,16-27H2,2-9H3,(H,44,48)/t28?,32?,34?,38-,39?,40?,41?,42?,43?/m1/s1. The molecule has 0 saturated heterocycles. The fraction of sp³-hybridized carbons (Fsp3) is 0.698. The van der Waals surface area contributed by atoms with E-state index in [1.54, 1.807) is 29.8 Å². The molecule has 6 aliphatic rings. The van der Waals surface area contributed by atoms with Gasteiger partial charge in [-0.2, -0.15) is 0 Å². The molecule has 6 nitrogen and oxygen atoms in total. The Bertz CT molecular complexity index is 1670. The number of ketones is 1. The molecular formula is C43H58N2O4. The van der Waals surface area contributed by atoms with Crippen molar-refractivity contribution in [1.29, 1.82) is 0 Å². The number of esters is 1. The Labute approximate surface area is 294 Å². The second-order valence-corrected chi connectivity index (χ2v) is 18.7. The Balaban J connectivity index is 1.21. The molecule has 8 unspecified atom stereocenters. The zero-order chi connectivity index (χ0) is 35.4. The van der Waals surface area contributed by atoms with E-state index < -0.39 is 11.8 Å². The number of ether oxygens (including phenoxy) is 1. The largest absolute Gasteiger partial charge is 0.458 e. The van der Waals surface area contributed by atoms with Crippen LogP contribution < -0.4 is 5.32 Å². The Morgan fingerprint density at radius 1 is 0.939 bits per heavy atom. The fourth-order valence-electron chi connectivity index (χ4n) is 13.9. The highest BCUT2D eigenvalue weighted by atomic mass is 16.5. The number of terminal acetylenes is 1. The molecule has 5 fully saturated rings. The molecule has 1 aromatic carbocycles. The lowest BCUT2D eigenvalue weighted by Crippen LogP contribution is -2.60. The van der Waals surface area contributed by atoms with E-state index >= 15 is 0 Å². The first-order chi connectivity index (χ1) is 23.0. The number of carbonyl (C=O) groups excluding carboxylic acids is 3. The van der Waals surface area contributed by atoms with Crippen LogP contribution in [0.25, 0.3) is 0 Å². The van der Waals surface area contributed by atoms with Crippen LogP contribution in [-0.4, -0.2) is 55.8 Å². The lowest BCUT2D eigenvalue weighted by molar-refractivity contribution is -0.147. The average molecular weight is 667 g/mol. The van der Waals surface area contributed by atoms with E-state index in [9.17, 15) is 14.4 Å². The van der Waals surface area contributed by atoms with Gasteiger partial charge in [-0.05, 0) is 141 Å². The number of amides is 1. The van der Waals surface area contributed by atoms with Crippen molar-refractivity contribution in [3.05, 3.63) is 47.0 Å². The molecule has 9 atom stereocenters. The maximum Gasteiger partial charge on any atom is 0.339 e. The van der Waals surface area contributed by atoms with Gasteiger partial charge in [0.25, 0.3) is 0 Å². The maximum atomic E-state index is 14.3. The van der Waals surface area contributed by atoms with E-state index in [1.165, 1.54) is 6.42 Å². The van der Waals surface area contributed by atoms with Crippen molar-refractivity contribution in [2.75, 3.05) is 27.2 Å². The number of Topliss-reactive ketones (excluding diaryl/α,β-unsaturated/α-hetero) is 1. The van der Waals surface area contributed by atoms with E-state index in [0.717, 1.165) is 64.3 Å². The highest BCUT2D eigenvalue weighted by molar-refractivity contribution is 6.14. The minimum atomic E-state index is -0.495. The number of carbonyl (C=O) groups is 3. The zero-order valence-electron chi connectivity index (χ0n) is 31.3. The number of nitrogens with one attached hydrogen (secondary N) is 1. The van der Waals surface area contributed by atoms with Crippen LogP contribution in [0.15, 0.2) is 35.9 Å². The molecule has 0 aromatic heterocycles. The summed E-state index contributed by atoms with van der Waals surface area (Å²) in [6.07, 6.45) is 18.2. The smallest absolute Gasteiger partial charge is 0.339 e. The van der Waals surface area contributed by atoms with Crippen LogP contribution in [-0.2, 0) is 9.53 Å². The monoisotopic (exact) mass is 666 g/mol. The highest BCUT2D eigenvalue weighted by Gasteiger charge is 2.95. The van der Waals surface area contributed by atoms with Gasteiger partial charge in [0, 0.05) is 18.7 Å². The lowest BCUT2D eigenvalue weighted by Gasteiger charge is -2.64. The summed E-state index contributed by atoms with van der Waals surface area (Å²) in [5, 5.41) is 3.40. The summed E-state index contributed by atoms with van der Waals surface area (Å²) in [5.74, 6) is 1.97. The van der Waals surface area contributed by atoms with E-state index in [0.29, 0.717) is 6.54 Å². The van der Waals surface area contributed by atoms with Gasteiger partial charge < -0.3 is 15.0 Å². The SMILES string of the molecule is C#CC(=O)c1ccccc1C(=O)OC1CCC2(C)C3(CCC4(C)C23CC=C2C3CC(C)(C)CCC3(C(=O)NCCN(C)C)CC[C@]24C)C1C. The Morgan fingerprint density at radius 3 is 2.33 bits per heavy atom. The molecule has 1 aromatic rings. The minimum Gasteiger partial charge on any atom is -0.458 e. The third-order valence-corrected chi connectivity index (χ3v) is 16.5. The molecule has 0 aliphatic heterocycles. The fourth-order valence-corrected chi connectivity index (χ4v) is 13.9. The summed E-state index contributed by atoms with van der Waals surface area (Å²) < 4.78 is 6.37. The summed E-state index contributed by atoms with van der Waals surface area (Å²) in [4.78, 5) is 42.5. The minimum absolute atomic E-state index is 0.0149. The van der Waals surface area contributed by atoms with Crippen LogP contribution in [0, 0.1) is 62.1 Å². The summed E-state index contributed by atoms with van der Waals surface area (Å²) >= 11 is 0.